The Hall–Kier alpha value is -0.350. The monoisotopic (exact) mass is 315 g/mol. The van der Waals surface area contributed by atoms with Crippen molar-refractivity contribution in [1.82, 2.24) is 5.32 Å². The molecule has 1 aromatic rings. The molecule has 1 aliphatic carbocycles. The third-order valence-electron chi connectivity index (χ3n) is 3.76. The highest BCUT2D eigenvalue weighted by atomic mass is 79.9. The molecule has 1 aromatic heterocycles. The van der Waals surface area contributed by atoms with Crippen LogP contribution in [0.25, 0.3) is 0 Å². The van der Waals surface area contributed by atoms with Crippen LogP contribution in [0.15, 0.2) is 15.2 Å². The number of hydrogen-bond donors (Lipinski definition) is 1. The van der Waals surface area contributed by atoms with Crippen LogP contribution in [-0.2, 0) is 0 Å². The maximum atomic E-state index is 12.0. The maximum absolute atomic E-state index is 12.0. The van der Waals surface area contributed by atoms with Gasteiger partial charge in [0.1, 0.15) is 0 Å². The van der Waals surface area contributed by atoms with Crippen LogP contribution in [0.5, 0.6) is 0 Å². The van der Waals surface area contributed by atoms with Crippen LogP contribution in [0, 0.1) is 11.8 Å². The number of carbonyl (C=O) groups excluding carboxylic acids is 1. The SMILES string of the molecule is CC1CCC(NC(=O)c2csc(Br)c2)CC1C. The number of hydrogen-bond acceptors (Lipinski definition) is 2. The van der Waals surface area contributed by atoms with Gasteiger partial charge in [-0.2, -0.15) is 0 Å². The van der Waals surface area contributed by atoms with Crippen molar-refractivity contribution >= 4 is 33.2 Å². The molecule has 4 heteroatoms. The molecule has 0 saturated heterocycles. The van der Waals surface area contributed by atoms with Crippen LogP contribution in [0.1, 0.15) is 43.5 Å². The maximum Gasteiger partial charge on any atom is 0.252 e. The van der Waals surface area contributed by atoms with E-state index in [0.29, 0.717) is 12.0 Å². The highest BCUT2D eigenvalue weighted by Gasteiger charge is 2.25. The predicted molar refractivity (Wildman–Crippen MR) is 75.5 cm³/mol. The Labute approximate surface area is 115 Å². The highest BCUT2D eigenvalue weighted by molar-refractivity contribution is 9.11. The van der Waals surface area contributed by atoms with Crippen molar-refractivity contribution < 1.29 is 4.79 Å². The van der Waals surface area contributed by atoms with Gasteiger partial charge in [0.25, 0.3) is 5.91 Å². The van der Waals surface area contributed by atoms with Crippen molar-refractivity contribution in [2.45, 2.75) is 39.2 Å². The van der Waals surface area contributed by atoms with Gasteiger partial charge in [0.05, 0.1) is 9.35 Å². The van der Waals surface area contributed by atoms with Crippen molar-refractivity contribution in [3.05, 3.63) is 20.8 Å². The summed E-state index contributed by atoms with van der Waals surface area (Å²) in [6.07, 6.45) is 3.44. The summed E-state index contributed by atoms with van der Waals surface area (Å²) in [6, 6.07) is 2.24. The lowest BCUT2D eigenvalue weighted by atomic mass is 9.79. The standard InChI is InChI=1S/C13H18BrNOS/c1-8-3-4-11(5-9(8)2)15-13(16)10-6-12(14)17-7-10/h6-9,11H,3-5H2,1-2H3,(H,15,16). The average molecular weight is 316 g/mol. The van der Waals surface area contributed by atoms with E-state index in [4.69, 9.17) is 0 Å². The summed E-state index contributed by atoms with van der Waals surface area (Å²) in [5.41, 5.74) is 0.771. The molecule has 0 aliphatic heterocycles. The first kappa shape index (κ1) is 13.1. The van der Waals surface area contributed by atoms with E-state index >= 15 is 0 Å². The molecule has 0 aromatic carbocycles. The summed E-state index contributed by atoms with van der Waals surface area (Å²) in [5, 5.41) is 5.04. The highest BCUT2D eigenvalue weighted by Crippen LogP contribution is 2.29. The first-order valence-electron chi connectivity index (χ1n) is 6.11. The number of thiophene rings is 1. The van der Waals surface area contributed by atoms with Crippen molar-refractivity contribution in [2.24, 2.45) is 11.8 Å². The number of nitrogens with one attached hydrogen (secondary N) is 1. The first-order valence-corrected chi connectivity index (χ1v) is 7.78. The normalized spacial score (nSPS) is 29.0. The molecule has 2 nitrogen and oxygen atoms in total. The second-order valence-corrected chi connectivity index (χ2v) is 7.37. The molecule has 94 valence electrons. The molecule has 1 saturated carbocycles. The quantitative estimate of drug-likeness (QED) is 0.876. The molecule has 1 fully saturated rings. The predicted octanol–water partition coefficient (Wildman–Crippen LogP) is 4.07. The van der Waals surface area contributed by atoms with Gasteiger partial charge in [-0.25, -0.2) is 0 Å². The van der Waals surface area contributed by atoms with Gasteiger partial charge in [-0.1, -0.05) is 13.8 Å². The Morgan fingerprint density at radius 2 is 2.18 bits per heavy atom. The summed E-state index contributed by atoms with van der Waals surface area (Å²) < 4.78 is 1.01. The first-order chi connectivity index (χ1) is 8.06. The fourth-order valence-electron chi connectivity index (χ4n) is 2.38. The van der Waals surface area contributed by atoms with Crippen LogP contribution in [0.2, 0.25) is 0 Å². The third kappa shape index (κ3) is 3.32. The topological polar surface area (TPSA) is 29.1 Å². The van der Waals surface area contributed by atoms with Crippen molar-refractivity contribution in [3.63, 3.8) is 0 Å². The molecular weight excluding hydrogens is 298 g/mol. The van der Waals surface area contributed by atoms with Crippen LogP contribution in [0.4, 0.5) is 0 Å². The lowest BCUT2D eigenvalue weighted by Crippen LogP contribution is -2.39. The zero-order valence-corrected chi connectivity index (χ0v) is 12.6. The molecule has 17 heavy (non-hydrogen) atoms. The van der Waals surface area contributed by atoms with Crippen molar-refractivity contribution in [2.75, 3.05) is 0 Å². The molecule has 1 aliphatic rings. The largest absolute Gasteiger partial charge is 0.349 e. The van der Waals surface area contributed by atoms with E-state index in [0.717, 1.165) is 28.1 Å². The van der Waals surface area contributed by atoms with E-state index in [1.54, 1.807) is 11.3 Å². The number of carbonyl (C=O) groups is 1. The summed E-state index contributed by atoms with van der Waals surface area (Å²) >= 11 is 4.93. The van der Waals surface area contributed by atoms with E-state index in [9.17, 15) is 4.79 Å². The van der Waals surface area contributed by atoms with Gasteiger partial charge in [-0.3, -0.25) is 4.79 Å². The minimum absolute atomic E-state index is 0.0682. The van der Waals surface area contributed by atoms with Gasteiger partial charge in [0, 0.05) is 11.4 Å². The molecule has 1 heterocycles. The molecule has 3 atom stereocenters. The Kier molecular flexibility index (Phi) is 4.26. The van der Waals surface area contributed by atoms with E-state index < -0.39 is 0 Å². The van der Waals surface area contributed by atoms with E-state index in [1.165, 1.54) is 6.42 Å². The van der Waals surface area contributed by atoms with Crippen molar-refractivity contribution in [1.29, 1.82) is 0 Å². The molecule has 1 amide bonds. The van der Waals surface area contributed by atoms with Gasteiger partial charge in [0.2, 0.25) is 0 Å². The molecular formula is C13H18BrNOS. The zero-order chi connectivity index (χ0) is 12.4. The summed E-state index contributed by atoms with van der Waals surface area (Å²) in [6.45, 7) is 4.59. The van der Waals surface area contributed by atoms with Crippen LogP contribution < -0.4 is 5.32 Å². The van der Waals surface area contributed by atoms with Crippen LogP contribution in [0.3, 0.4) is 0 Å². The van der Waals surface area contributed by atoms with E-state index in [2.05, 4.69) is 35.1 Å². The van der Waals surface area contributed by atoms with Gasteiger partial charge >= 0.3 is 0 Å². The Balaban J connectivity index is 1.91. The lowest BCUT2D eigenvalue weighted by Gasteiger charge is -2.32. The second kappa shape index (κ2) is 5.53. The second-order valence-electron chi connectivity index (χ2n) is 5.08. The van der Waals surface area contributed by atoms with Gasteiger partial charge in [0.15, 0.2) is 0 Å². The fourth-order valence-corrected chi connectivity index (χ4v) is 3.51. The van der Waals surface area contributed by atoms with Gasteiger partial charge < -0.3 is 5.32 Å². The Morgan fingerprint density at radius 1 is 1.41 bits per heavy atom. The number of rotatable bonds is 2. The smallest absolute Gasteiger partial charge is 0.252 e. The van der Waals surface area contributed by atoms with Gasteiger partial charge in [-0.15, -0.1) is 11.3 Å². The molecule has 0 spiro atoms. The lowest BCUT2D eigenvalue weighted by molar-refractivity contribution is 0.0911. The summed E-state index contributed by atoms with van der Waals surface area (Å²) in [7, 11) is 0. The number of halogens is 1. The molecule has 0 radical (unpaired) electrons. The average Bonchev–Trinajstić information content (AvgIpc) is 2.70. The Morgan fingerprint density at radius 3 is 2.76 bits per heavy atom. The fraction of sp³-hybridized carbons (Fsp3) is 0.615. The minimum atomic E-state index is 0.0682. The molecule has 0 bridgehead atoms. The third-order valence-corrected chi connectivity index (χ3v) is 5.27. The van der Waals surface area contributed by atoms with E-state index in [1.807, 2.05) is 11.4 Å². The molecule has 3 unspecified atom stereocenters. The summed E-state index contributed by atoms with van der Waals surface area (Å²) in [5.74, 6) is 1.57. The Bertz CT molecular complexity index is 404. The van der Waals surface area contributed by atoms with Gasteiger partial charge in [-0.05, 0) is 53.1 Å². The molecule has 2 rings (SSSR count). The summed E-state index contributed by atoms with van der Waals surface area (Å²) in [4.78, 5) is 12.0. The van der Waals surface area contributed by atoms with Crippen LogP contribution >= 0.6 is 27.3 Å². The molecule has 1 N–H and O–H groups in total. The number of amides is 1. The minimum Gasteiger partial charge on any atom is -0.349 e. The zero-order valence-electron chi connectivity index (χ0n) is 10.2. The van der Waals surface area contributed by atoms with Crippen molar-refractivity contribution in [3.8, 4) is 0 Å². The van der Waals surface area contributed by atoms with E-state index in [-0.39, 0.29) is 5.91 Å². The van der Waals surface area contributed by atoms with Crippen LogP contribution in [-0.4, -0.2) is 11.9 Å².